The van der Waals surface area contributed by atoms with E-state index in [9.17, 15) is 18.8 Å². The van der Waals surface area contributed by atoms with Crippen molar-refractivity contribution in [3.05, 3.63) is 109 Å². The maximum absolute atomic E-state index is 13.4. The monoisotopic (exact) mass is 465 g/mol. The van der Waals surface area contributed by atoms with Gasteiger partial charge in [0, 0.05) is 11.6 Å². The SMILES string of the molecule is Cc1ccc(-n2c(=O)c3ccc(Cl)cc3n(CC(=O)NCc3ccc(F)cc3)c2=O)cc1C. The second kappa shape index (κ2) is 9.03. The number of carbonyl (C=O) groups excluding carboxylic acids is 1. The van der Waals surface area contributed by atoms with Crippen molar-refractivity contribution in [3.8, 4) is 5.69 Å². The zero-order valence-electron chi connectivity index (χ0n) is 18.1. The van der Waals surface area contributed by atoms with E-state index in [0.717, 1.165) is 15.7 Å². The highest BCUT2D eigenvalue weighted by atomic mass is 35.5. The number of carbonyl (C=O) groups is 1. The fraction of sp³-hybridized carbons (Fsp3) is 0.160. The average Bonchev–Trinajstić information content (AvgIpc) is 2.78. The maximum Gasteiger partial charge on any atom is 0.336 e. The average molecular weight is 466 g/mol. The number of aryl methyl sites for hydroxylation is 2. The van der Waals surface area contributed by atoms with Gasteiger partial charge in [-0.1, -0.05) is 29.8 Å². The first-order valence-corrected chi connectivity index (χ1v) is 10.7. The van der Waals surface area contributed by atoms with E-state index in [1.54, 1.807) is 36.4 Å². The van der Waals surface area contributed by atoms with Gasteiger partial charge in [0.2, 0.25) is 5.91 Å². The van der Waals surface area contributed by atoms with Gasteiger partial charge in [-0.15, -0.1) is 0 Å². The highest BCUT2D eigenvalue weighted by Crippen LogP contribution is 2.17. The van der Waals surface area contributed by atoms with E-state index in [1.807, 2.05) is 19.9 Å². The summed E-state index contributed by atoms with van der Waals surface area (Å²) in [5, 5.41) is 3.33. The van der Waals surface area contributed by atoms with E-state index in [0.29, 0.717) is 16.3 Å². The van der Waals surface area contributed by atoms with E-state index in [4.69, 9.17) is 11.6 Å². The molecule has 4 aromatic rings. The van der Waals surface area contributed by atoms with E-state index < -0.39 is 17.2 Å². The van der Waals surface area contributed by atoms with Crippen molar-refractivity contribution in [2.75, 3.05) is 0 Å². The van der Waals surface area contributed by atoms with Crippen molar-refractivity contribution in [3.63, 3.8) is 0 Å². The molecular formula is C25H21ClFN3O3. The van der Waals surface area contributed by atoms with Crippen LogP contribution in [0.25, 0.3) is 16.6 Å². The van der Waals surface area contributed by atoms with Crippen molar-refractivity contribution < 1.29 is 9.18 Å². The third-order valence-corrected chi connectivity index (χ3v) is 5.79. The molecule has 0 aliphatic rings. The van der Waals surface area contributed by atoms with Crippen LogP contribution >= 0.6 is 11.6 Å². The predicted octanol–water partition coefficient (Wildman–Crippen LogP) is 3.88. The number of amides is 1. The lowest BCUT2D eigenvalue weighted by atomic mass is 10.1. The van der Waals surface area contributed by atoms with Crippen LogP contribution in [0.3, 0.4) is 0 Å². The summed E-state index contributed by atoms with van der Waals surface area (Å²) in [4.78, 5) is 39.3. The summed E-state index contributed by atoms with van der Waals surface area (Å²) in [5.41, 5.74) is 2.23. The number of aromatic nitrogens is 2. The van der Waals surface area contributed by atoms with Gasteiger partial charge in [-0.25, -0.2) is 13.8 Å². The van der Waals surface area contributed by atoms with Gasteiger partial charge < -0.3 is 5.32 Å². The van der Waals surface area contributed by atoms with Gasteiger partial charge in [-0.2, -0.15) is 0 Å². The third kappa shape index (κ3) is 4.59. The summed E-state index contributed by atoms with van der Waals surface area (Å²) < 4.78 is 15.4. The van der Waals surface area contributed by atoms with Crippen molar-refractivity contribution in [1.29, 1.82) is 0 Å². The third-order valence-electron chi connectivity index (χ3n) is 5.56. The van der Waals surface area contributed by atoms with Gasteiger partial charge in [0.25, 0.3) is 5.56 Å². The Morgan fingerprint density at radius 2 is 1.70 bits per heavy atom. The van der Waals surface area contributed by atoms with Crippen LogP contribution in [0, 0.1) is 19.7 Å². The topological polar surface area (TPSA) is 73.1 Å². The molecule has 0 saturated heterocycles. The molecule has 6 nitrogen and oxygen atoms in total. The van der Waals surface area contributed by atoms with Gasteiger partial charge in [0.05, 0.1) is 16.6 Å². The minimum Gasteiger partial charge on any atom is -0.350 e. The summed E-state index contributed by atoms with van der Waals surface area (Å²) in [6.07, 6.45) is 0. The molecule has 0 aliphatic heterocycles. The summed E-state index contributed by atoms with van der Waals surface area (Å²) in [6.45, 7) is 3.69. The van der Waals surface area contributed by atoms with E-state index in [-0.39, 0.29) is 29.8 Å². The van der Waals surface area contributed by atoms with Gasteiger partial charge in [0.15, 0.2) is 0 Å². The Bertz CT molecular complexity index is 1490. The standard InChI is InChI=1S/C25H21ClFN3O3/c1-15-3-9-20(11-16(15)2)30-24(32)21-10-6-18(26)12-22(21)29(25(30)33)14-23(31)28-13-17-4-7-19(27)8-5-17/h3-12H,13-14H2,1-2H3,(H,28,31). The van der Waals surface area contributed by atoms with Crippen LogP contribution in [0.5, 0.6) is 0 Å². The second-order valence-corrected chi connectivity index (χ2v) is 8.28. The van der Waals surface area contributed by atoms with Crippen molar-refractivity contribution in [2.45, 2.75) is 26.9 Å². The molecular weight excluding hydrogens is 445 g/mol. The molecule has 0 radical (unpaired) electrons. The summed E-state index contributed by atoms with van der Waals surface area (Å²) in [5.74, 6) is -0.804. The van der Waals surface area contributed by atoms with Crippen LogP contribution in [0.1, 0.15) is 16.7 Å². The van der Waals surface area contributed by atoms with Crippen LogP contribution in [0.4, 0.5) is 4.39 Å². The molecule has 33 heavy (non-hydrogen) atoms. The number of nitrogens with one attached hydrogen (secondary N) is 1. The fourth-order valence-electron chi connectivity index (χ4n) is 3.59. The predicted molar refractivity (Wildman–Crippen MR) is 127 cm³/mol. The quantitative estimate of drug-likeness (QED) is 0.486. The first-order chi connectivity index (χ1) is 15.7. The van der Waals surface area contributed by atoms with Gasteiger partial charge in [0.1, 0.15) is 12.4 Å². The molecule has 0 bridgehead atoms. The normalized spacial score (nSPS) is 11.0. The Balaban J connectivity index is 1.77. The molecule has 0 saturated carbocycles. The number of hydrogen-bond donors (Lipinski definition) is 1. The molecule has 0 unspecified atom stereocenters. The largest absolute Gasteiger partial charge is 0.350 e. The second-order valence-electron chi connectivity index (χ2n) is 7.84. The van der Waals surface area contributed by atoms with Crippen molar-refractivity contribution >= 4 is 28.4 Å². The smallest absolute Gasteiger partial charge is 0.336 e. The number of hydrogen-bond acceptors (Lipinski definition) is 3. The lowest BCUT2D eigenvalue weighted by Crippen LogP contribution is -2.41. The van der Waals surface area contributed by atoms with E-state index >= 15 is 0 Å². The number of nitrogens with zero attached hydrogens (tertiary/aromatic N) is 2. The maximum atomic E-state index is 13.4. The van der Waals surface area contributed by atoms with Crippen molar-refractivity contribution in [1.82, 2.24) is 14.5 Å². The van der Waals surface area contributed by atoms with Gasteiger partial charge in [-0.05, 0) is 73.0 Å². The van der Waals surface area contributed by atoms with Crippen LogP contribution in [0.2, 0.25) is 5.02 Å². The Morgan fingerprint density at radius 3 is 2.39 bits per heavy atom. The van der Waals surface area contributed by atoms with Crippen LogP contribution in [-0.2, 0) is 17.9 Å². The van der Waals surface area contributed by atoms with Gasteiger partial charge in [-0.3, -0.25) is 14.2 Å². The zero-order valence-corrected chi connectivity index (χ0v) is 18.8. The molecule has 0 atom stereocenters. The summed E-state index contributed by atoms with van der Waals surface area (Å²) in [7, 11) is 0. The molecule has 0 aliphatic carbocycles. The molecule has 3 aromatic carbocycles. The number of rotatable bonds is 5. The molecule has 0 spiro atoms. The minimum absolute atomic E-state index is 0.170. The number of fused-ring (bicyclic) bond motifs is 1. The molecule has 1 heterocycles. The Labute approximate surface area is 193 Å². The Hall–Kier alpha value is -3.71. The van der Waals surface area contributed by atoms with Gasteiger partial charge >= 0.3 is 5.69 Å². The number of halogens is 2. The zero-order chi connectivity index (χ0) is 23.7. The fourth-order valence-corrected chi connectivity index (χ4v) is 3.75. The molecule has 4 rings (SSSR count). The van der Waals surface area contributed by atoms with Crippen LogP contribution in [0.15, 0.2) is 70.3 Å². The lowest BCUT2D eigenvalue weighted by Gasteiger charge is -2.15. The van der Waals surface area contributed by atoms with Crippen LogP contribution in [-0.4, -0.2) is 15.0 Å². The molecule has 1 N–H and O–H groups in total. The molecule has 0 fully saturated rings. The minimum atomic E-state index is -0.644. The van der Waals surface area contributed by atoms with E-state index in [2.05, 4.69) is 5.32 Å². The van der Waals surface area contributed by atoms with Crippen molar-refractivity contribution in [2.24, 2.45) is 0 Å². The highest BCUT2D eigenvalue weighted by molar-refractivity contribution is 6.31. The molecule has 1 amide bonds. The Morgan fingerprint density at radius 1 is 0.970 bits per heavy atom. The molecule has 168 valence electrons. The first kappa shape index (κ1) is 22.5. The summed E-state index contributed by atoms with van der Waals surface area (Å²) in [6, 6.07) is 15.7. The van der Waals surface area contributed by atoms with Crippen LogP contribution < -0.4 is 16.6 Å². The number of benzene rings is 3. The Kier molecular flexibility index (Phi) is 6.16. The first-order valence-electron chi connectivity index (χ1n) is 10.3. The molecule has 1 aromatic heterocycles. The van der Waals surface area contributed by atoms with E-state index in [1.165, 1.54) is 22.8 Å². The highest BCUT2D eigenvalue weighted by Gasteiger charge is 2.17. The summed E-state index contributed by atoms with van der Waals surface area (Å²) >= 11 is 6.13. The lowest BCUT2D eigenvalue weighted by molar-refractivity contribution is -0.121. The molecule has 8 heteroatoms.